The van der Waals surface area contributed by atoms with Crippen LogP contribution in [-0.2, 0) is 11.3 Å². The molecule has 0 fully saturated rings. The van der Waals surface area contributed by atoms with Gasteiger partial charge < -0.3 is 20.3 Å². The quantitative estimate of drug-likeness (QED) is 0.315. The summed E-state index contributed by atoms with van der Waals surface area (Å²) < 4.78 is 7.09. The van der Waals surface area contributed by atoms with Crippen LogP contribution in [-0.4, -0.2) is 68.1 Å². The maximum atomic E-state index is 5.10. The summed E-state index contributed by atoms with van der Waals surface area (Å²) in [5, 5.41) is 11.4. The Bertz CT molecular complexity index is 746. The number of nitrogens with zero attached hydrogens (tertiary/aromatic N) is 4. The van der Waals surface area contributed by atoms with Crippen molar-refractivity contribution in [1.82, 2.24) is 25.3 Å². The van der Waals surface area contributed by atoms with Crippen LogP contribution in [0.2, 0.25) is 0 Å². The number of guanidine groups is 1. The van der Waals surface area contributed by atoms with E-state index in [1.165, 1.54) is 5.56 Å². The third-order valence-electron chi connectivity index (χ3n) is 4.36. The monoisotopic (exact) mass is 500 g/mol. The molecule has 0 amide bonds. The Kier molecular flexibility index (Phi) is 11.1. The fraction of sp³-hybridized carbons (Fsp3) is 0.500. The number of aryl methyl sites for hydroxylation is 2. The highest BCUT2D eigenvalue weighted by atomic mass is 127. The number of nitrogens with one attached hydrogen (secondary N) is 2. The van der Waals surface area contributed by atoms with Crippen LogP contribution in [0.15, 0.2) is 35.3 Å². The second-order valence-electron chi connectivity index (χ2n) is 6.62. The number of aromatic nitrogens is 2. The lowest BCUT2D eigenvalue weighted by molar-refractivity contribution is 0.162. The van der Waals surface area contributed by atoms with E-state index in [0.29, 0.717) is 6.54 Å². The van der Waals surface area contributed by atoms with Gasteiger partial charge in [-0.1, -0.05) is 18.2 Å². The summed E-state index contributed by atoms with van der Waals surface area (Å²) in [5.74, 6) is 0.790. The smallest absolute Gasteiger partial charge is 0.191 e. The number of para-hydroxylation sites is 1. The van der Waals surface area contributed by atoms with Gasteiger partial charge in [-0.2, -0.15) is 5.10 Å². The van der Waals surface area contributed by atoms with Gasteiger partial charge in [-0.15, -0.1) is 24.0 Å². The average Bonchev–Trinajstić information content (AvgIpc) is 3.01. The minimum atomic E-state index is 0. The van der Waals surface area contributed by atoms with Gasteiger partial charge in [0, 0.05) is 46.0 Å². The zero-order chi connectivity index (χ0) is 19.6. The van der Waals surface area contributed by atoms with Gasteiger partial charge in [-0.05, 0) is 38.6 Å². The Morgan fingerprint density at radius 3 is 2.61 bits per heavy atom. The van der Waals surface area contributed by atoms with Gasteiger partial charge in [0.2, 0.25) is 0 Å². The highest BCUT2D eigenvalue weighted by Crippen LogP contribution is 2.16. The molecular weight excluding hydrogens is 467 g/mol. The molecule has 0 aliphatic carbocycles. The topological polar surface area (TPSA) is 66.7 Å². The molecule has 2 N–H and O–H groups in total. The van der Waals surface area contributed by atoms with Crippen molar-refractivity contribution in [2.45, 2.75) is 20.4 Å². The minimum Gasteiger partial charge on any atom is -0.383 e. The van der Waals surface area contributed by atoms with E-state index in [1.54, 1.807) is 14.2 Å². The van der Waals surface area contributed by atoms with Crippen LogP contribution in [0, 0.1) is 13.8 Å². The van der Waals surface area contributed by atoms with E-state index >= 15 is 0 Å². The fourth-order valence-corrected chi connectivity index (χ4v) is 2.86. The molecule has 28 heavy (non-hydrogen) atoms. The van der Waals surface area contributed by atoms with Crippen LogP contribution in [0.3, 0.4) is 0 Å². The highest BCUT2D eigenvalue weighted by molar-refractivity contribution is 14.0. The van der Waals surface area contributed by atoms with E-state index in [2.05, 4.69) is 57.8 Å². The number of methoxy groups -OCH3 is 1. The molecule has 0 bridgehead atoms. The van der Waals surface area contributed by atoms with Gasteiger partial charge in [-0.3, -0.25) is 4.99 Å². The zero-order valence-electron chi connectivity index (χ0n) is 17.5. The van der Waals surface area contributed by atoms with Crippen LogP contribution in [0.5, 0.6) is 0 Å². The average molecular weight is 500 g/mol. The molecule has 0 saturated heterocycles. The first-order valence-electron chi connectivity index (χ1n) is 9.28. The summed E-state index contributed by atoms with van der Waals surface area (Å²) in [7, 11) is 5.60. The van der Waals surface area contributed by atoms with E-state index < -0.39 is 0 Å². The molecule has 2 rings (SSSR count). The summed E-state index contributed by atoms with van der Waals surface area (Å²) >= 11 is 0. The molecule has 0 aliphatic rings. The first-order valence-corrected chi connectivity index (χ1v) is 9.28. The van der Waals surface area contributed by atoms with Crippen molar-refractivity contribution in [3.05, 3.63) is 47.3 Å². The maximum Gasteiger partial charge on any atom is 0.191 e. The summed E-state index contributed by atoms with van der Waals surface area (Å²) in [6.45, 7) is 8.16. The minimum absolute atomic E-state index is 0. The lowest BCUT2D eigenvalue weighted by Gasteiger charge is -2.18. The maximum absolute atomic E-state index is 5.10. The van der Waals surface area contributed by atoms with Crippen molar-refractivity contribution < 1.29 is 4.74 Å². The third-order valence-corrected chi connectivity index (χ3v) is 4.36. The predicted octanol–water partition coefficient (Wildman–Crippen LogP) is 2.35. The largest absolute Gasteiger partial charge is 0.383 e. The van der Waals surface area contributed by atoms with Crippen molar-refractivity contribution in [2.75, 3.05) is 47.4 Å². The summed E-state index contributed by atoms with van der Waals surface area (Å²) in [6, 6.07) is 10.4. The molecule has 156 valence electrons. The van der Waals surface area contributed by atoms with Gasteiger partial charge >= 0.3 is 0 Å². The van der Waals surface area contributed by atoms with Gasteiger partial charge in [0.1, 0.15) is 0 Å². The van der Waals surface area contributed by atoms with Crippen molar-refractivity contribution in [2.24, 2.45) is 4.99 Å². The Hall–Kier alpha value is -1.65. The number of ether oxygens (including phenoxy) is 1. The number of hydrogen-bond donors (Lipinski definition) is 2. The second kappa shape index (κ2) is 12.7. The second-order valence-corrected chi connectivity index (χ2v) is 6.62. The molecule has 7 nitrogen and oxygen atoms in total. The lowest BCUT2D eigenvalue weighted by Crippen LogP contribution is -2.41. The van der Waals surface area contributed by atoms with Crippen molar-refractivity contribution in [3.63, 3.8) is 0 Å². The van der Waals surface area contributed by atoms with Gasteiger partial charge in [-0.25, -0.2) is 4.68 Å². The molecule has 0 spiro atoms. The molecule has 0 aliphatic heterocycles. The van der Waals surface area contributed by atoms with Gasteiger partial charge in [0.25, 0.3) is 0 Å². The molecular formula is C20H33IN6O. The Balaban J connectivity index is 0.00000392. The van der Waals surface area contributed by atoms with Crippen molar-refractivity contribution >= 4 is 29.9 Å². The summed E-state index contributed by atoms with van der Waals surface area (Å²) in [6.07, 6.45) is 0. The molecule has 0 saturated carbocycles. The molecule has 8 heteroatoms. The van der Waals surface area contributed by atoms with Crippen LogP contribution in [0.25, 0.3) is 5.69 Å². The Morgan fingerprint density at radius 2 is 1.96 bits per heavy atom. The van der Waals surface area contributed by atoms with Crippen LogP contribution < -0.4 is 10.6 Å². The lowest BCUT2D eigenvalue weighted by atomic mass is 10.1. The summed E-state index contributed by atoms with van der Waals surface area (Å²) in [5.41, 5.74) is 4.40. The molecule has 0 unspecified atom stereocenters. The fourth-order valence-electron chi connectivity index (χ4n) is 2.86. The molecule has 1 aromatic carbocycles. The normalized spacial score (nSPS) is 11.4. The standard InChI is InChI=1S/C20H32N6O.HI/c1-16-14-17(2)26(24-16)19-9-7-6-8-18(19)15-23-20(21-3)22-10-11-25(4)12-13-27-5;/h6-9,14H,10-13,15H2,1-5H3,(H2,21,22,23);1H. The first-order chi connectivity index (χ1) is 13.0. The van der Waals surface area contributed by atoms with Gasteiger partial charge in [0.15, 0.2) is 5.96 Å². The van der Waals surface area contributed by atoms with Crippen LogP contribution >= 0.6 is 24.0 Å². The van der Waals surface area contributed by atoms with E-state index in [4.69, 9.17) is 4.74 Å². The number of hydrogen-bond acceptors (Lipinski definition) is 4. The van der Waals surface area contributed by atoms with Crippen LogP contribution in [0.1, 0.15) is 17.0 Å². The molecule has 0 radical (unpaired) electrons. The van der Waals surface area contributed by atoms with E-state index in [-0.39, 0.29) is 24.0 Å². The van der Waals surface area contributed by atoms with E-state index in [9.17, 15) is 0 Å². The third kappa shape index (κ3) is 7.40. The Labute approximate surface area is 185 Å². The zero-order valence-corrected chi connectivity index (χ0v) is 19.9. The first kappa shape index (κ1) is 24.4. The van der Waals surface area contributed by atoms with E-state index in [1.807, 2.05) is 23.7 Å². The molecule has 0 atom stereocenters. The molecule has 2 aromatic rings. The van der Waals surface area contributed by atoms with Crippen LogP contribution in [0.4, 0.5) is 0 Å². The number of rotatable bonds is 9. The van der Waals surface area contributed by atoms with Gasteiger partial charge in [0.05, 0.1) is 18.0 Å². The number of benzene rings is 1. The SMILES string of the molecule is CN=C(NCCN(C)CCOC)NCc1ccccc1-n1nc(C)cc1C.I. The Morgan fingerprint density at radius 1 is 1.21 bits per heavy atom. The summed E-state index contributed by atoms with van der Waals surface area (Å²) in [4.78, 5) is 6.54. The van der Waals surface area contributed by atoms with Crippen molar-refractivity contribution in [3.8, 4) is 5.69 Å². The molecule has 1 heterocycles. The number of halogens is 1. The number of likely N-dealkylation sites (N-methyl/N-ethyl adjacent to an activating group) is 1. The number of aliphatic imine (C=N–C) groups is 1. The highest BCUT2D eigenvalue weighted by Gasteiger charge is 2.09. The van der Waals surface area contributed by atoms with Crippen molar-refractivity contribution in [1.29, 1.82) is 0 Å². The van der Waals surface area contributed by atoms with E-state index in [0.717, 1.165) is 49.3 Å². The molecule has 1 aromatic heterocycles. The predicted molar refractivity (Wildman–Crippen MR) is 126 cm³/mol.